The third-order valence-electron chi connectivity index (χ3n) is 4.82. The highest BCUT2D eigenvalue weighted by Gasteiger charge is 2.34. The van der Waals surface area contributed by atoms with Crippen molar-refractivity contribution < 1.29 is 14.7 Å². The molecule has 1 saturated heterocycles. The van der Waals surface area contributed by atoms with Gasteiger partial charge in [-0.05, 0) is 18.3 Å². The lowest BCUT2D eigenvalue weighted by atomic mass is 9.73. The monoisotopic (exact) mass is 297 g/mol. The van der Waals surface area contributed by atoms with Crippen LogP contribution in [0.4, 0.5) is 4.79 Å². The molecule has 0 radical (unpaired) electrons. The molecule has 2 aliphatic rings. The van der Waals surface area contributed by atoms with Crippen LogP contribution in [-0.2, 0) is 4.79 Å². The van der Waals surface area contributed by atoms with Gasteiger partial charge >= 0.3 is 12.0 Å². The number of nitrogens with zero attached hydrogens (tertiary/aromatic N) is 2. The molecule has 1 heterocycles. The third kappa shape index (κ3) is 4.33. The Morgan fingerprint density at radius 1 is 1.19 bits per heavy atom. The zero-order valence-electron chi connectivity index (χ0n) is 13.1. The average Bonchev–Trinajstić information content (AvgIpc) is 2.41. The first-order valence-corrected chi connectivity index (χ1v) is 7.88. The fourth-order valence-corrected chi connectivity index (χ4v) is 3.30. The van der Waals surface area contributed by atoms with Gasteiger partial charge in [0.15, 0.2) is 0 Å². The smallest absolute Gasteiger partial charge is 0.317 e. The Kier molecular flexibility index (Phi) is 5.08. The molecule has 2 N–H and O–H groups in total. The van der Waals surface area contributed by atoms with Crippen molar-refractivity contribution in [3.05, 3.63) is 0 Å². The van der Waals surface area contributed by atoms with Gasteiger partial charge in [-0.2, -0.15) is 0 Å². The molecule has 0 aromatic rings. The normalized spacial score (nSPS) is 26.4. The molecule has 21 heavy (non-hydrogen) atoms. The lowest BCUT2D eigenvalue weighted by Crippen LogP contribution is -2.56. The minimum atomic E-state index is -0.808. The highest BCUT2D eigenvalue weighted by atomic mass is 16.4. The maximum Gasteiger partial charge on any atom is 0.317 e. The van der Waals surface area contributed by atoms with Gasteiger partial charge in [-0.1, -0.05) is 26.7 Å². The zero-order chi connectivity index (χ0) is 15.5. The van der Waals surface area contributed by atoms with Gasteiger partial charge in [0.25, 0.3) is 0 Å². The number of urea groups is 1. The molecule has 0 aromatic carbocycles. The maximum atomic E-state index is 12.4. The fourth-order valence-electron chi connectivity index (χ4n) is 3.30. The summed E-state index contributed by atoms with van der Waals surface area (Å²) in [5, 5.41) is 12.0. The summed E-state index contributed by atoms with van der Waals surface area (Å²) in [7, 11) is 0. The van der Waals surface area contributed by atoms with Crippen LogP contribution in [0.1, 0.15) is 39.5 Å². The van der Waals surface area contributed by atoms with Crippen LogP contribution in [0, 0.1) is 5.41 Å². The molecular weight excluding hydrogens is 270 g/mol. The number of rotatable bonds is 3. The molecule has 1 aliphatic heterocycles. The molecule has 2 fully saturated rings. The van der Waals surface area contributed by atoms with Crippen LogP contribution < -0.4 is 5.32 Å². The first-order valence-electron chi connectivity index (χ1n) is 7.88. The minimum Gasteiger partial charge on any atom is -0.480 e. The summed E-state index contributed by atoms with van der Waals surface area (Å²) in [5.41, 5.74) is 0.166. The summed E-state index contributed by atoms with van der Waals surface area (Å²) < 4.78 is 0. The number of hydrogen-bond donors (Lipinski definition) is 2. The summed E-state index contributed by atoms with van der Waals surface area (Å²) >= 11 is 0. The van der Waals surface area contributed by atoms with E-state index in [4.69, 9.17) is 5.11 Å². The maximum absolute atomic E-state index is 12.4. The molecular formula is C15H27N3O3. The Hall–Kier alpha value is -1.30. The van der Waals surface area contributed by atoms with Gasteiger partial charge in [0, 0.05) is 32.2 Å². The summed E-state index contributed by atoms with van der Waals surface area (Å²) in [6.07, 6.45) is 4.63. The largest absolute Gasteiger partial charge is 0.480 e. The zero-order valence-corrected chi connectivity index (χ0v) is 13.1. The number of aliphatic carboxylic acids is 1. The first kappa shape index (κ1) is 16.1. The fraction of sp³-hybridized carbons (Fsp3) is 0.867. The molecule has 120 valence electrons. The van der Waals surface area contributed by atoms with Crippen molar-refractivity contribution in [3.63, 3.8) is 0 Å². The third-order valence-corrected chi connectivity index (χ3v) is 4.82. The van der Waals surface area contributed by atoms with Crippen LogP contribution in [0.5, 0.6) is 0 Å². The Morgan fingerprint density at radius 3 is 2.43 bits per heavy atom. The second-order valence-corrected chi connectivity index (χ2v) is 6.89. The molecule has 6 nitrogen and oxygen atoms in total. The highest BCUT2D eigenvalue weighted by molar-refractivity contribution is 5.75. The number of piperazine rings is 1. The summed E-state index contributed by atoms with van der Waals surface area (Å²) in [4.78, 5) is 26.7. The van der Waals surface area contributed by atoms with E-state index in [1.165, 1.54) is 12.8 Å². The van der Waals surface area contributed by atoms with Crippen LogP contribution in [0.3, 0.4) is 0 Å². The van der Waals surface area contributed by atoms with Crippen molar-refractivity contribution >= 4 is 12.0 Å². The van der Waals surface area contributed by atoms with E-state index in [1.54, 1.807) is 0 Å². The molecule has 1 aliphatic carbocycles. The van der Waals surface area contributed by atoms with Crippen LogP contribution in [0.15, 0.2) is 0 Å². The summed E-state index contributed by atoms with van der Waals surface area (Å²) in [6, 6.07) is 0.251. The first-order chi connectivity index (χ1) is 9.88. The van der Waals surface area contributed by atoms with Crippen LogP contribution in [0.25, 0.3) is 0 Å². The van der Waals surface area contributed by atoms with Crippen LogP contribution in [0.2, 0.25) is 0 Å². The quantitative estimate of drug-likeness (QED) is 0.825. The predicted molar refractivity (Wildman–Crippen MR) is 80.2 cm³/mol. The number of amides is 2. The van der Waals surface area contributed by atoms with Gasteiger partial charge < -0.3 is 15.3 Å². The van der Waals surface area contributed by atoms with Crippen molar-refractivity contribution in [2.45, 2.75) is 45.6 Å². The summed E-state index contributed by atoms with van der Waals surface area (Å²) in [6.45, 7) is 6.98. The average molecular weight is 297 g/mol. The highest BCUT2D eigenvalue weighted by Crippen LogP contribution is 2.35. The van der Waals surface area contributed by atoms with Gasteiger partial charge in [-0.25, -0.2) is 4.79 Å². The minimum absolute atomic E-state index is 0.00458. The Bertz CT molecular complexity index is 390. The molecule has 0 spiro atoms. The van der Waals surface area contributed by atoms with Crippen LogP contribution in [-0.4, -0.2) is 65.7 Å². The van der Waals surface area contributed by atoms with Gasteiger partial charge in [-0.15, -0.1) is 0 Å². The SMILES string of the molecule is CC1(C)CCCCC1NC(=O)N1CCN(CC(=O)O)CC1. The second kappa shape index (κ2) is 6.64. The van der Waals surface area contributed by atoms with E-state index in [2.05, 4.69) is 19.2 Å². The van der Waals surface area contributed by atoms with Crippen molar-refractivity contribution in [2.24, 2.45) is 5.41 Å². The lowest BCUT2D eigenvalue weighted by Gasteiger charge is -2.41. The Balaban J connectivity index is 1.80. The van der Waals surface area contributed by atoms with Crippen molar-refractivity contribution in [3.8, 4) is 0 Å². The number of carbonyl (C=O) groups excluding carboxylic acids is 1. The van der Waals surface area contributed by atoms with Gasteiger partial charge in [0.1, 0.15) is 0 Å². The second-order valence-electron chi connectivity index (χ2n) is 6.89. The number of hydrogen-bond acceptors (Lipinski definition) is 3. The van der Waals surface area contributed by atoms with Gasteiger partial charge in [0.2, 0.25) is 0 Å². The van der Waals surface area contributed by atoms with E-state index >= 15 is 0 Å². The Labute approximate surface area is 126 Å². The molecule has 0 bridgehead atoms. The molecule has 6 heteroatoms. The Morgan fingerprint density at radius 2 is 1.86 bits per heavy atom. The van der Waals surface area contributed by atoms with E-state index in [1.807, 2.05) is 9.80 Å². The number of carboxylic acids is 1. The number of carboxylic acid groups (broad SMARTS) is 1. The predicted octanol–water partition coefficient (Wildman–Crippen LogP) is 1.37. The number of nitrogens with one attached hydrogen (secondary N) is 1. The molecule has 2 rings (SSSR count). The van der Waals surface area contributed by atoms with Crippen LogP contribution >= 0.6 is 0 Å². The number of carbonyl (C=O) groups is 2. The van der Waals surface area contributed by atoms with E-state index in [0.29, 0.717) is 26.2 Å². The van der Waals surface area contributed by atoms with Gasteiger partial charge in [0.05, 0.1) is 6.54 Å². The van der Waals surface area contributed by atoms with Gasteiger partial charge in [-0.3, -0.25) is 9.69 Å². The van der Waals surface area contributed by atoms with Crippen molar-refractivity contribution in [2.75, 3.05) is 32.7 Å². The molecule has 1 unspecified atom stereocenters. The topological polar surface area (TPSA) is 72.9 Å². The molecule has 1 saturated carbocycles. The van der Waals surface area contributed by atoms with E-state index < -0.39 is 5.97 Å². The lowest BCUT2D eigenvalue weighted by molar-refractivity contribution is -0.138. The molecule has 2 amide bonds. The standard InChI is InChI=1S/C15H27N3O3/c1-15(2)6-4-3-5-12(15)16-14(21)18-9-7-17(8-10-18)11-13(19)20/h12H,3-11H2,1-2H3,(H,16,21)(H,19,20). The van der Waals surface area contributed by atoms with Crippen molar-refractivity contribution in [1.29, 1.82) is 0 Å². The van der Waals surface area contributed by atoms with E-state index in [9.17, 15) is 9.59 Å². The van der Waals surface area contributed by atoms with E-state index in [-0.39, 0.29) is 24.0 Å². The van der Waals surface area contributed by atoms with Crippen molar-refractivity contribution in [1.82, 2.24) is 15.1 Å². The van der Waals surface area contributed by atoms with E-state index in [0.717, 1.165) is 12.8 Å². The molecule has 0 aromatic heterocycles. The summed E-state index contributed by atoms with van der Waals surface area (Å²) in [5.74, 6) is -0.808. The molecule has 1 atom stereocenters.